The molecule has 1 aromatic carbocycles. The Labute approximate surface area is 109 Å². The maximum Gasteiger partial charge on any atom is 0.237 e. The fourth-order valence-corrected chi connectivity index (χ4v) is 2.77. The molecule has 18 heavy (non-hydrogen) atoms. The van der Waals surface area contributed by atoms with Crippen LogP contribution in [0.25, 0.3) is 0 Å². The van der Waals surface area contributed by atoms with Gasteiger partial charge in [-0.15, -0.1) is 12.3 Å². The van der Waals surface area contributed by atoms with E-state index in [2.05, 4.69) is 12.0 Å². The summed E-state index contributed by atoms with van der Waals surface area (Å²) >= 11 is 0. The Morgan fingerprint density at radius 1 is 1.33 bits per heavy atom. The number of para-hydroxylation sites is 1. The maximum atomic E-state index is 12.4. The zero-order chi connectivity index (χ0) is 13.2. The minimum absolute atomic E-state index is 0.199. The number of hydrogen-bond donors (Lipinski definition) is 0. The van der Waals surface area contributed by atoms with Gasteiger partial charge in [0.2, 0.25) is 5.91 Å². The van der Waals surface area contributed by atoms with Crippen molar-refractivity contribution < 1.29 is 4.79 Å². The van der Waals surface area contributed by atoms with E-state index >= 15 is 0 Å². The van der Waals surface area contributed by atoms with Crippen LogP contribution in [0.15, 0.2) is 24.3 Å². The maximum absolute atomic E-state index is 12.4. The van der Waals surface area contributed by atoms with Gasteiger partial charge in [0.15, 0.2) is 0 Å². The standard InChI is InChI=1S/C16H19NO/c1-4-5-6-9-12-16(2)13-10-7-8-11-14(13)17(3)15(16)18/h1,7-8,10-11H,5-6,9,12H2,2-3H3. The Kier molecular flexibility index (Phi) is 3.43. The Bertz CT molecular complexity index is 500. The molecule has 94 valence electrons. The summed E-state index contributed by atoms with van der Waals surface area (Å²) in [5, 5.41) is 0. The highest BCUT2D eigenvalue weighted by atomic mass is 16.2. The molecular weight excluding hydrogens is 222 g/mol. The number of carbonyl (C=O) groups excluding carboxylic acids is 1. The lowest BCUT2D eigenvalue weighted by Gasteiger charge is -2.23. The van der Waals surface area contributed by atoms with Gasteiger partial charge in [-0.2, -0.15) is 0 Å². The van der Waals surface area contributed by atoms with Crippen LogP contribution in [-0.2, 0) is 10.2 Å². The topological polar surface area (TPSA) is 20.3 Å². The first-order chi connectivity index (χ1) is 8.61. The predicted octanol–water partition coefficient (Wildman–Crippen LogP) is 3.11. The van der Waals surface area contributed by atoms with Crippen LogP contribution < -0.4 is 4.90 Å². The summed E-state index contributed by atoms with van der Waals surface area (Å²) in [7, 11) is 1.86. The fraction of sp³-hybridized carbons (Fsp3) is 0.438. The number of amides is 1. The molecule has 2 rings (SSSR count). The van der Waals surface area contributed by atoms with Gasteiger partial charge in [-0.1, -0.05) is 24.6 Å². The summed E-state index contributed by atoms with van der Waals surface area (Å²) in [5.74, 6) is 2.85. The van der Waals surface area contributed by atoms with Gasteiger partial charge in [0.25, 0.3) is 0 Å². The van der Waals surface area contributed by atoms with E-state index < -0.39 is 0 Å². The molecule has 0 aromatic heterocycles. The summed E-state index contributed by atoms with van der Waals surface area (Å²) < 4.78 is 0. The number of unbranched alkanes of at least 4 members (excludes halogenated alkanes) is 2. The molecular formula is C16H19NO. The Hall–Kier alpha value is -1.75. The molecule has 0 N–H and O–H groups in total. The molecule has 1 atom stereocenters. The first kappa shape index (κ1) is 12.7. The molecule has 0 radical (unpaired) electrons. The molecule has 1 aliphatic heterocycles. The summed E-state index contributed by atoms with van der Waals surface area (Å²) in [4.78, 5) is 14.2. The molecule has 1 unspecified atom stereocenters. The van der Waals surface area contributed by atoms with E-state index in [1.807, 2.05) is 32.2 Å². The molecule has 1 aromatic rings. The van der Waals surface area contributed by atoms with Gasteiger partial charge >= 0.3 is 0 Å². The van der Waals surface area contributed by atoms with Crippen LogP contribution in [0.3, 0.4) is 0 Å². The van der Waals surface area contributed by atoms with Crippen LogP contribution in [0, 0.1) is 12.3 Å². The number of carbonyl (C=O) groups is 1. The van der Waals surface area contributed by atoms with Gasteiger partial charge in [-0.05, 0) is 31.4 Å². The number of benzene rings is 1. The zero-order valence-corrected chi connectivity index (χ0v) is 11.1. The molecule has 2 heteroatoms. The second-order valence-corrected chi connectivity index (χ2v) is 5.12. The average molecular weight is 241 g/mol. The van der Waals surface area contributed by atoms with Gasteiger partial charge in [0.05, 0.1) is 5.41 Å². The number of nitrogens with zero attached hydrogens (tertiary/aromatic N) is 1. The SMILES string of the molecule is C#CCCCCC1(C)C(=O)N(C)c2ccccc21. The van der Waals surface area contributed by atoms with E-state index in [4.69, 9.17) is 6.42 Å². The van der Waals surface area contributed by atoms with E-state index in [0.717, 1.165) is 36.9 Å². The second-order valence-electron chi connectivity index (χ2n) is 5.12. The lowest BCUT2D eigenvalue weighted by atomic mass is 9.79. The van der Waals surface area contributed by atoms with Crippen LogP contribution in [0.4, 0.5) is 5.69 Å². The van der Waals surface area contributed by atoms with Gasteiger partial charge in [-0.3, -0.25) is 4.79 Å². The summed E-state index contributed by atoms with van der Waals surface area (Å²) in [6, 6.07) is 8.06. The Morgan fingerprint density at radius 3 is 2.78 bits per heavy atom. The molecule has 0 saturated heterocycles. The Morgan fingerprint density at radius 2 is 2.06 bits per heavy atom. The van der Waals surface area contributed by atoms with Crippen molar-refractivity contribution >= 4 is 11.6 Å². The third-order valence-corrected chi connectivity index (χ3v) is 3.88. The largest absolute Gasteiger partial charge is 0.314 e. The highest BCUT2D eigenvalue weighted by molar-refractivity contribution is 6.07. The van der Waals surface area contributed by atoms with Gasteiger partial charge in [-0.25, -0.2) is 0 Å². The van der Waals surface area contributed by atoms with Gasteiger partial charge in [0.1, 0.15) is 0 Å². The molecule has 0 spiro atoms. The molecule has 0 bridgehead atoms. The third kappa shape index (κ3) is 1.90. The first-order valence-electron chi connectivity index (χ1n) is 6.42. The summed E-state index contributed by atoms with van der Waals surface area (Å²) in [5.41, 5.74) is 1.82. The first-order valence-corrected chi connectivity index (χ1v) is 6.42. The minimum Gasteiger partial charge on any atom is -0.314 e. The summed E-state index contributed by atoms with van der Waals surface area (Å²) in [6.45, 7) is 2.05. The third-order valence-electron chi connectivity index (χ3n) is 3.88. The van der Waals surface area contributed by atoms with Crippen molar-refractivity contribution in [1.82, 2.24) is 0 Å². The van der Waals surface area contributed by atoms with Crippen LogP contribution in [0.5, 0.6) is 0 Å². The van der Waals surface area contributed by atoms with E-state index in [1.54, 1.807) is 4.90 Å². The van der Waals surface area contributed by atoms with Crippen LogP contribution in [-0.4, -0.2) is 13.0 Å². The van der Waals surface area contributed by atoms with Crippen molar-refractivity contribution in [2.24, 2.45) is 0 Å². The normalized spacial score (nSPS) is 21.8. The molecule has 0 fully saturated rings. The monoisotopic (exact) mass is 241 g/mol. The molecule has 0 saturated carbocycles. The molecule has 0 aliphatic carbocycles. The smallest absolute Gasteiger partial charge is 0.237 e. The molecule has 1 heterocycles. The van der Waals surface area contributed by atoms with Gasteiger partial charge in [0, 0.05) is 19.2 Å². The van der Waals surface area contributed by atoms with Crippen molar-refractivity contribution in [2.45, 2.75) is 38.0 Å². The highest BCUT2D eigenvalue weighted by Gasteiger charge is 2.44. The predicted molar refractivity (Wildman–Crippen MR) is 74.5 cm³/mol. The molecule has 1 aliphatic rings. The summed E-state index contributed by atoms with van der Waals surface area (Å²) in [6.07, 6.45) is 8.91. The van der Waals surface area contributed by atoms with Crippen molar-refractivity contribution in [3.8, 4) is 12.3 Å². The number of anilines is 1. The number of likely N-dealkylation sites (N-methyl/N-ethyl adjacent to an activating group) is 1. The lowest BCUT2D eigenvalue weighted by molar-refractivity contribution is -0.122. The average Bonchev–Trinajstić information content (AvgIpc) is 2.59. The quantitative estimate of drug-likeness (QED) is 0.586. The van der Waals surface area contributed by atoms with E-state index in [1.165, 1.54) is 0 Å². The van der Waals surface area contributed by atoms with E-state index in [-0.39, 0.29) is 11.3 Å². The molecule has 2 nitrogen and oxygen atoms in total. The van der Waals surface area contributed by atoms with Crippen molar-refractivity contribution in [3.05, 3.63) is 29.8 Å². The van der Waals surface area contributed by atoms with E-state index in [9.17, 15) is 4.79 Å². The zero-order valence-electron chi connectivity index (χ0n) is 11.1. The Balaban J connectivity index is 2.22. The van der Waals surface area contributed by atoms with Crippen LogP contribution >= 0.6 is 0 Å². The van der Waals surface area contributed by atoms with Gasteiger partial charge < -0.3 is 4.90 Å². The number of terminal acetylenes is 1. The lowest BCUT2D eigenvalue weighted by Crippen LogP contribution is -2.36. The number of fused-ring (bicyclic) bond motifs is 1. The van der Waals surface area contributed by atoms with Crippen LogP contribution in [0.1, 0.15) is 38.2 Å². The van der Waals surface area contributed by atoms with E-state index in [0.29, 0.717) is 0 Å². The number of hydrogen-bond acceptors (Lipinski definition) is 1. The van der Waals surface area contributed by atoms with Crippen LogP contribution in [0.2, 0.25) is 0 Å². The van der Waals surface area contributed by atoms with Crippen molar-refractivity contribution in [2.75, 3.05) is 11.9 Å². The highest BCUT2D eigenvalue weighted by Crippen LogP contribution is 2.43. The minimum atomic E-state index is -0.375. The fourth-order valence-electron chi connectivity index (χ4n) is 2.77. The second kappa shape index (κ2) is 4.86. The van der Waals surface area contributed by atoms with Crippen molar-refractivity contribution in [3.63, 3.8) is 0 Å². The number of rotatable bonds is 4. The molecule has 1 amide bonds. The van der Waals surface area contributed by atoms with Crippen molar-refractivity contribution in [1.29, 1.82) is 0 Å².